The van der Waals surface area contributed by atoms with E-state index in [9.17, 15) is 4.79 Å². The van der Waals surface area contributed by atoms with Crippen molar-refractivity contribution in [3.63, 3.8) is 0 Å². The quantitative estimate of drug-likeness (QED) is 0.940. The summed E-state index contributed by atoms with van der Waals surface area (Å²) in [6, 6.07) is 8.33. The normalized spacial score (nSPS) is 10.1. The fourth-order valence-corrected chi connectivity index (χ4v) is 1.82. The van der Waals surface area contributed by atoms with E-state index in [2.05, 4.69) is 20.9 Å². The van der Waals surface area contributed by atoms with E-state index in [1.165, 1.54) is 6.07 Å². The molecule has 4 nitrogen and oxygen atoms in total. The van der Waals surface area contributed by atoms with Gasteiger partial charge in [0.25, 0.3) is 0 Å². The summed E-state index contributed by atoms with van der Waals surface area (Å²) in [5, 5.41) is 9.12. The molecule has 1 aromatic carbocycles. The first-order chi connectivity index (χ1) is 8.58. The van der Waals surface area contributed by atoms with E-state index in [-0.39, 0.29) is 5.56 Å². The number of benzene rings is 1. The van der Waals surface area contributed by atoms with Crippen molar-refractivity contribution < 1.29 is 14.6 Å². The Hall–Kier alpha value is -1.88. The molecule has 0 amide bonds. The van der Waals surface area contributed by atoms with Crippen LogP contribution in [0.15, 0.2) is 41.0 Å². The summed E-state index contributed by atoms with van der Waals surface area (Å²) in [7, 11) is 0. The number of hydrogen-bond acceptors (Lipinski definition) is 3. The summed E-state index contributed by atoms with van der Waals surface area (Å²) in [6.45, 7) is 1.80. The smallest absolute Gasteiger partial charge is 0.339 e. The molecule has 0 saturated heterocycles. The Labute approximate surface area is 112 Å². The van der Waals surface area contributed by atoms with Gasteiger partial charge in [-0.25, -0.2) is 4.79 Å². The zero-order valence-corrected chi connectivity index (χ0v) is 11.1. The predicted molar refractivity (Wildman–Crippen MR) is 70.1 cm³/mol. The summed E-state index contributed by atoms with van der Waals surface area (Å²) in [4.78, 5) is 15.2. The van der Waals surface area contributed by atoms with Gasteiger partial charge in [0.1, 0.15) is 17.1 Å². The average Bonchev–Trinajstić information content (AvgIpc) is 2.34. The molecule has 0 atom stereocenters. The summed E-state index contributed by atoms with van der Waals surface area (Å²) in [6.07, 6.45) is 1.65. The van der Waals surface area contributed by atoms with Crippen molar-refractivity contribution in [2.45, 2.75) is 6.92 Å². The Morgan fingerprint density at radius 3 is 2.78 bits per heavy atom. The number of nitrogens with zero attached hydrogens (tertiary/aromatic N) is 1. The van der Waals surface area contributed by atoms with Crippen LogP contribution in [-0.4, -0.2) is 16.1 Å². The van der Waals surface area contributed by atoms with Gasteiger partial charge in [0.2, 0.25) is 0 Å². The topological polar surface area (TPSA) is 59.4 Å². The van der Waals surface area contributed by atoms with Crippen LogP contribution >= 0.6 is 15.9 Å². The summed E-state index contributed by atoms with van der Waals surface area (Å²) >= 11 is 3.23. The zero-order chi connectivity index (χ0) is 13.1. The van der Waals surface area contributed by atoms with Crippen molar-refractivity contribution in [3.05, 3.63) is 52.3 Å². The highest BCUT2D eigenvalue weighted by Gasteiger charge is 2.13. The maximum atomic E-state index is 11.1. The minimum atomic E-state index is -1.03. The molecule has 0 fully saturated rings. The van der Waals surface area contributed by atoms with Crippen LogP contribution < -0.4 is 4.74 Å². The molecule has 1 aromatic heterocycles. The Morgan fingerprint density at radius 2 is 2.11 bits per heavy atom. The second-order valence-electron chi connectivity index (χ2n) is 3.63. The van der Waals surface area contributed by atoms with Crippen LogP contribution in [0.5, 0.6) is 11.5 Å². The molecule has 0 bridgehead atoms. The van der Waals surface area contributed by atoms with E-state index < -0.39 is 5.97 Å². The molecule has 1 heterocycles. The molecule has 0 unspecified atom stereocenters. The molecule has 0 spiro atoms. The number of carboxylic acids is 1. The number of aryl methyl sites for hydroxylation is 1. The first kappa shape index (κ1) is 12.6. The van der Waals surface area contributed by atoms with Crippen LogP contribution in [0.1, 0.15) is 16.1 Å². The number of carboxylic acid groups (broad SMARTS) is 1. The fraction of sp³-hybridized carbons (Fsp3) is 0.0769. The lowest BCUT2D eigenvalue weighted by Crippen LogP contribution is -2.00. The highest BCUT2D eigenvalue weighted by molar-refractivity contribution is 9.10. The van der Waals surface area contributed by atoms with Crippen molar-refractivity contribution >= 4 is 21.9 Å². The molecule has 2 rings (SSSR count). The number of ether oxygens (including phenoxy) is 1. The Bertz CT molecular complexity index is 599. The molecule has 0 radical (unpaired) electrons. The van der Waals surface area contributed by atoms with Crippen molar-refractivity contribution in [2.24, 2.45) is 0 Å². The molecule has 0 aliphatic heterocycles. The summed E-state index contributed by atoms with van der Waals surface area (Å²) in [5.74, 6) is -0.197. The van der Waals surface area contributed by atoms with Crippen LogP contribution in [0.3, 0.4) is 0 Å². The minimum absolute atomic E-state index is 0.104. The number of aromatic carboxylic acids is 1. The predicted octanol–water partition coefficient (Wildman–Crippen LogP) is 3.64. The van der Waals surface area contributed by atoms with Crippen molar-refractivity contribution in [2.75, 3.05) is 0 Å². The molecule has 0 aliphatic rings. The Morgan fingerprint density at radius 1 is 1.33 bits per heavy atom. The number of halogens is 1. The number of hydrogen-bond donors (Lipinski definition) is 1. The van der Waals surface area contributed by atoms with E-state index in [0.29, 0.717) is 21.7 Å². The first-order valence-electron chi connectivity index (χ1n) is 5.20. The second kappa shape index (κ2) is 5.18. The molecule has 5 heteroatoms. The first-order valence-corrected chi connectivity index (χ1v) is 5.99. The van der Waals surface area contributed by atoms with Gasteiger partial charge in [-0.3, -0.25) is 4.98 Å². The van der Waals surface area contributed by atoms with Crippen LogP contribution in [-0.2, 0) is 0 Å². The molecule has 92 valence electrons. The van der Waals surface area contributed by atoms with Crippen molar-refractivity contribution in [3.8, 4) is 11.5 Å². The highest BCUT2D eigenvalue weighted by Crippen LogP contribution is 2.29. The van der Waals surface area contributed by atoms with Crippen LogP contribution in [0.25, 0.3) is 0 Å². The third kappa shape index (κ3) is 2.68. The van der Waals surface area contributed by atoms with Crippen LogP contribution in [0.4, 0.5) is 0 Å². The van der Waals surface area contributed by atoms with E-state index in [1.807, 2.05) is 0 Å². The second-order valence-corrected chi connectivity index (χ2v) is 4.55. The maximum absolute atomic E-state index is 11.1. The lowest BCUT2D eigenvalue weighted by atomic mass is 10.2. The monoisotopic (exact) mass is 307 g/mol. The molecular weight excluding hydrogens is 298 g/mol. The van der Waals surface area contributed by atoms with Gasteiger partial charge in [0.15, 0.2) is 0 Å². The van der Waals surface area contributed by atoms with Gasteiger partial charge in [-0.1, -0.05) is 15.9 Å². The fourth-order valence-electron chi connectivity index (χ4n) is 1.45. The molecule has 0 saturated carbocycles. The zero-order valence-electron chi connectivity index (χ0n) is 9.55. The van der Waals surface area contributed by atoms with Crippen molar-refractivity contribution in [1.29, 1.82) is 0 Å². The van der Waals surface area contributed by atoms with Gasteiger partial charge < -0.3 is 9.84 Å². The third-order valence-corrected chi connectivity index (χ3v) is 2.84. The SMILES string of the molecule is Cc1ncccc1Oc1ccc(Br)cc1C(=O)O. The lowest BCUT2D eigenvalue weighted by molar-refractivity contribution is 0.0694. The number of rotatable bonds is 3. The standard InChI is InChI=1S/C13H10BrNO3/c1-8-11(3-2-6-15-8)18-12-5-4-9(14)7-10(12)13(16)17/h2-7H,1H3,(H,16,17). The number of carbonyl (C=O) groups is 1. The van der Waals surface area contributed by atoms with Gasteiger partial charge >= 0.3 is 5.97 Å². The number of aromatic nitrogens is 1. The van der Waals surface area contributed by atoms with Crippen LogP contribution in [0, 0.1) is 6.92 Å². The van der Waals surface area contributed by atoms with Gasteiger partial charge in [-0.2, -0.15) is 0 Å². The third-order valence-electron chi connectivity index (χ3n) is 2.35. The van der Waals surface area contributed by atoms with E-state index >= 15 is 0 Å². The number of pyridine rings is 1. The van der Waals surface area contributed by atoms with E-state index in [1.54, 1.807) is 37.4 Å². The van der Waals surface area contributed by atoms with E-state index in [0.717, 1.165) is 0 Å². The molecule has 18 heavy (non-hydrogen) atoms. The minimum Gasteiger partial charge on any atom is -0.478 e. The van der Waals surface area contributed by atoms with Gasteiger partial charge in [0.05, 0.1) is 5.69 Å². The van der Waals surface area contributed by atoms with Gasteiger partial charge in [-0.05, 0) is 37.3 Å². The molecule has 2 aromatic rings. The van der Waals surface area contributed by atoms with E-state index in [4.69, 9.17) is 9.84 Å². The van der Waals surface area contributed by atoms with Crippen molar-refractivity contribution in [1.82, 2.24) is 4.98 Å². The molecule has 1 N–H and O–H groups in total. The highest BCUT2D eigenvalue weighted by atomic mass is 79.9. The lowest BCUT2D eigenvalue weighted by Gasteiger charge is -2.10. The Kier molecular flexibility index (Phi) is 3.62. The van der Waals surface area contributed by atoms with Gasteiger partial charge in [0, 0.05) is 10.7 Å². The molecular formula is C13H10BrNO3. The summed E-state index contributed by atoms with van der Waals surface area (Å²) < 4.78 is 6.28. The largest absolute Gasteiger partial charge is 0.478 e. The average molecular weight is 308 g/mol. The maximum Gasteiger partial charge on any atom is 0.339 e. The Balaban J connectivity index is 2.41. The van der Waals surface area contributed by atoms with Crippen LogP contribution in [0.2, 0.25) is 0 Å². The summed E-state index contributed by atoms with van der Waals surface area (Å²) in [5.41, 5.74) is 0.810. The molecule has 0 aliphatic carbocycles. The van der Waals surface area contributed by atoms with Gasteiger partial charge in [-0.15, -0.1) is 0 Å².